The van der Waals surface area contributed by atoms with E-state index in [2.05, 4.69) is 15.9 Å². The summed E-state index contributed by atoms with van der Waals surface area (Å²) in [6.07, 6.45) is 4.65. The van der Waals surface area contributed by atoms with E-state index in [1.165, 1.54) is 6.08 Å². The van der Waals surface area contributed by atoms with E-state index in [9.17, 15) is 9.59 Å². The van der Waals surface area contributed by atoms with Crippen LogP contribution in [0.1, 0.15) is 24.0 Å². The summed E-state index contributed by atoms with van der Waals surface area (Å²) in [5.41, 5.74) is 2.76. The molecule has 1 aromatic heterocycles. The van der Waals surface area contributed by atoms with Crippen LogP contribution in [0.4, 0.5) is 5.69 Å². The van der Waals surface area contributed by atoms with Gasteiger partial charge in [-0.1, -0.05) is 12.1 Å². The zero-order valence-electron chi connectivity index (χ0n) is 12.9. The summed E-state index contributed by atoms with van der Waals surface area (Å²) < 4.78 is 6.20. The minimum absolute atomic E-state index is 0.168. The summed E-state index contributed by atoms with van der Waals surface area (Å²) in [6.45, 7) is 1.04. The Labute approximate surface area is 152 Å². The van der Waals surface area contributed by atoms with Gasteiger partial charge in [-0.15, -0.1) is 11.3 Å². The SMILES string of the molecule is O=C(C=Cc1ccc(N2CCCC2=O)cc1)OCc1csc(Br)c1. The van der Waals surface area contributed by atoms with E-state index < -0.39 is 0 Å². The van der Waals surface area contributed by atoms with Crippen molar-refractivity contribution in [2.75, 3.05) is 11.4 Å². The maximum atomic E-state index is 11.7. The van der Waals surface area contributed by atoms with Crippen LogP contribution in [0.25, 0.3) is 6.08 Å². The molecular formula is C18H16BrNO3S. The first-order valence-corrected chi connectivity index (χ1v) is 9.27. The lowest BCUT2D eigenvalue weighted by molar-refractivity contribution is -0.138. The maximum Gasteiger partial charge on any atom is 0.331 e. The number of hydrogen-bond acceptors (Lipinski definition) is 4. The fourth-order valence-electron chi connectivity index (χ4n) is 2.47. The van der Waals surface area contributed by atoms with E-state index in [0.717, 1.165) is 33.6 Å². The smallest absolute Gasteiger partial charge is 0.331 e. The molecule has 0 bridgehead atoms. The summed E-state index contributed by atoms with van der Waals surface area (Å²) in [7, 11) is 0. The molecule has 1 amide bonds. The number of carbonyl (C=O) groups is 2. The maximum absolute atomic E-state index is 11.7. The Balaban J connectivity index is 1.54. The predicted molar refractivity (Wildman–Crippen MR) is 98.9 cm³/mol. The number of anilines is 1. The minimum Gasteiger partial charge on any atom is -0.458 e. The van der Waals surface area contributed by atoms with Gasteiger partial charge in [-0.25, -0.2) is 4.79 Å². The molecule has 0 N–H and O–H groups in total. The molecule has 0 spiro atoms. The van der Waals surface area contributed by atoms with Gasteiger partial charge in [-0.05, 0) is 57.6 Å². The van der Waals surface area contributed by atoms with E-state index >= 15 is 0 Å². The first-order chi connectivity index (χ1) is 11.6. The average molecular weight is 406 g/mol. The van der Waals surface area contributed by atoms with E-state index in [1.54, 1.807) is 22.3 Å². The van der Waals surface area contributed by atoms with Crippen LogP contribution in [0, 0.1) is 0 Å². The van der Waals surface area contributed by atoms with Gasteiger partial charge in [0.05, 0.1) is 3.79 Å². The van der Waals surface area contributed by atoms with E-state index in [0.29, 0.717) is 6.42 Å². The quantitative estimate of drug-likeness (QED) is 0.547. The highest BCUT2D eigenvalue weighted by atomic mass is 79.9. The van der Waals surface area contributed by atoms with Crippen molar-refractivity contribution in [3.63, 3.8) is 0 Å². The molecule has 1 aliphatic rings. The van der Waals surface area contributed by atoms with Crippen molar-refractivity contribution >= 4 is 50.9 Å². The molecule has 24 heavy (non-hydrogen) atoms. The lowest BCUT2D eigenvalue weighted by atomic mass is 10.2. The third kappa shape index (κ3) is 4.33. The van der Waals surface area contributed by atoms with Gasteiger partial charge in [-0.2, -0.15) is 0 Å². The first-order valence-electron chi connectivity index (χ1n) is 7.60. The van der Waals surface area contributed by atoms with Crippen molar-refractivity contribution in [3.8, 4) is 0 Å². The Bertz CT molecular complexity index is 767. The molecule has 3 rings (SSSR count). The average Bonchev–Trinajstić information content (AvgIpc) is 3.20. The zero-order valence-corrected chi connectivity index (χ0v) is 15.3. The Morgan fingerprint density at radius 1 is 1.33 bits per heavy atom. The number of nitrogens with zero attached hydrogens (tertiary/aromatic N) is 1. The summed E-state index contributed by atoms with van der Waals surface area (Å²) in [5, 5.41) is 1.94. The molecule has 1 aliphatic heterocycles. The Morgan fingerprint density at radius 3 is 2.75 bits per heavy atom. The van der Waals surface area contributed by atoms with E-state index in [1.807, 2.05) is 35.7 Å². The Morgan fingerprint density at radius 2 is 2.12 bits per heavy atom. The molecule has 1 saturated heterocycles. The summed E-state index contributed by atoms with van der Waals surface area (Å²) in [4.78, 5) is 25.3. The number of esters is 1. The number of thiophene rings is 1. The molecule has 1 fully saturated rings. The van der Waals surface area contributed by atoms with Crippen LogP contribution in [0.2, 0.25) is 0 Å². The zero-order chi connectivity index (χ0) is 16.9. The number of hydrogen-bond donors (Lipinski definition) is 0. The second kappa shape index (κ2) is 7.77. The van der Waals surface area contributed by atoms with E-state index in [4.69, 9.17) is 4.74 Å². The molecule has 1 aromatic carbocycles. The van der Waals surface area contributed by atoms with Crippen LogP contribution >= 0.6 is 27.3 Å². The largest absolute Gasteiger partial charge is 0.458 e. The number of amides is 1. The Kier molecular flexibility index (Phi) is 5.48. The van der Waals surface area contributed by atoms with Crippen LogP contribution in [0.5, 0.6) is 0 Å². The normalized spacial score (nSPS) is 14.5. The molecule has 0 aliphatic carbocycles. The monoisotopic (exact) mass is 405 g/mol. The standard InChI is InChI=1S/C18H16BrNO3S/c19-16-10-14(12-24-16)11-23-18(22)8-5-13-3-6-15(7-4-13)20-9-1-2-17(20)21/h3-8,10,12H,1-2,9,11H2. The van der Waals surface area contributed by atoms with Crippen LogP contribution in [0.15, 0.2) is 45.6 Å². The highest BCUT2D eigenvalue weighted by molar-refractivity contribution is 9.11. The van der Waals surface area contributed by atoms with Gasteiger partial charge in [0.15, 0.2) is 0 Å². The second-order valence-corrected chi connectivity index (χ2v) is 7.73. The minimum atomic E-state index is -0.379. The van der Waals surface area contributed by atoms with Crippen LogP contribution < -0.4 is 4.90 Å². The number of ether oxygens (including phenoxy) is 1. The van der Waals surface area contributed by atoms with Crippen LogP contribution in [-0.4, -0.2) is 18.4 Å². The van der Waals surface area contributed by atoms with Crippen molar-refractivity contribution in [2.45, 2.75) is 19.4 Å². The summed E-state index contributed by atoms with van der Waals surface area (Å²) in [5.74, 6) is -0.210. The summed E-state index contributed by atoms with van der Waals surface area (Å²) >= 11 is 4.93. The fraction of sp³-hybridized carbons (Fsp3) is 0.222. The van der Waals surface area contributed by atoms with Gasteiger partial charge in [0.1, 0.15) is 6.61 Å². The highest BCUT2D eigenvalue weighted by Crippen LogP contribution is 2.22. The molecular weight excluding hydrogens is 390 g/mol. The molecule has 6 heteroatoms. The first kappa shape index (κ1) is 16.9. The van der Waals surface area contributed by atoms with Gasteiger partial charge in [-0.3, -0.25) is 4.79 Å². The Hall–Kier alpha value is -1.92. The molecule has 0 saturated carbocycles. The van der Waals surface area contributed by atoms with Crippen molar-refractivity contribution in [3.05, 3.63) is 56.7 Å². The number of carbonyl (C=O) groups excluding carboxylic acids is 2. The second-order valence-electron chi connectivity index (χ2n) is 5.44. The number of halogens is 1. The van der Waals surface area contributed by atoms with Gasteiger partial charge in [0.25, 0.3) is 0 Å². The van der Waals surface area contributed by atoms with Gasteiger partial charge in [0, 0.05) is 30.3 Å². The molecule has 2 aromatic rings. The molecule has 2 heterocycles. The molecule has 0 radical (unpaired) electrons. The molecule has 0 atom stereocenters. The molecule has 0 unspecified atom stereocenters. The highest BCUT2D eigenvalue weighted by Gasteiger charge is 2.21. The van der Waals surface area contributed by atoms with Crippen molar-refractivity contribution in [1.82, 2.24) is 0 Å². The van der Waals surface area contributed by atoms with Gasteiger partial charge in [0.2, 0.25) is 5.91 Å². The van der Waals surface area contributed by atoms with Crippen LogP contribution in [-0.2, 0) is 20.9 Å². The third-order valence-electron chi connectivity index (χ3n) is 3.69. The van der Waals surface area contributed by atoms with Crippen molar-refractivity contribution in [1.29, 1.82) is 0 Å². The van der Waals surface area contributed by atoms with E-state index in [-0.39, 0.29) is 18.5 Å². The number of benzene rings is 1. The van der Waals surface area contributed by atoms with Gasteiger partial charge < -0.3 is 9.64 Å². The lowest BCUT2D eigenvalue weighted by Crippen LogP contribution is -2.23. The van der Waals surface area contributed by atoms with Gasteiger partial charge >= 0.3 is 5.97 Å². The van der Waals surface area contributed by atoms with Crippen molar-refractivity contribution < 1.29 is 14.3 Å². The molecule has 124 valence electrons. The molecule has 4 nitrogen and oxygen atoms in total. The number of rotatable bonds is 5. The lowest BCUT2D eigenvalue weighted by Gasteiger charge is -2.15. The van der Waals surface area contributed by atoms with Crippen LogP contribution in [0.3, 0.4) is 0 Å². The predicted octanol–water partition coefficient (Wildman–Crippen LogP) is 4.39. The summed E-state index contributed by atoms with van der Waals surface area (Å²) in [6, 6.07) is 9.51. The third-order valence-corrected chi connectivity index (χ3v) is 5.25. The topological polar surface area (TPSA) is 46.6 Å². The fourth-order valence-corrected chi connectivity index (χ4v) is 3.67. The van der Waals surface area contributed by atoms with Crippen molar-refractivity contribution in [2.24, 2.45) is 0 Å².